The SMILES string of the molecule is CCCC(O)O.O=C(O)c1ccccc1C(=O)O.O=C(O)c1ccccc1C(=O)O. The molecule has 10 nitrogen and oxygen atoms in total. The van der Waals surface area contributed by atoms with Crippen molar-refractivity contribution in [2.24, 2.45) is 0 Å². The maximum absolute atomic E-state index is 10.5. The number of aromatic carboxylic acids is 4. The molecule has 2 aromatic carbocycles. The summed E-state index contributed by atoms with van der Waals surface area (Å²) in [7, 11) is 0. The Morgan fingerprint density at radius 3 is 0.967 bits per heavy atom. The predicted molar refractivity (Wildman–Crippen MR) is 104 cm³/mol. The number of rotatable bonds is 6. The van der Waals surface area contributed by atoms with Crippen LogP contribution in [0, 0.1) is 0 Å². The maximum Gasteiger partial charge on any atom is 0.336 e. The van der Waals surface area contributed by atoms with Crippen LogP contribution >= 0.6 is 0 Å². The number of carboxylic acids is 4. The monoisotopic (exact) mass is 422 g/mol. The zero-order valence-corrected chi connectivity index (χ0v) is 15.9. The fraction of sp³-hybridized carbons (Fsp3) is 0.200. The lowest BCUT2D eigenvalue weighted by atomic mass is 10.1. The summed E-state index contributed by atoms with van der Waals surface area (Å²) in [6, 6.07) is 11.0. The van der Waals surface area contributed by atoms with E-state index in [1.165, 1.54) is 48.5 Å². The van der Waals surface area contributed by atoms with Gasteiger partial charge in [-0.3, -0.25) is 0 Å². The Bertz CT molecular complexity index is 740. The highest BCUT2D eigenvalue weighted by atomic mass is 16.5. The second-order valence-electron chi connectivity index (χ2n) is 5.58. The van der Waals surface area contributed by atoms with Crippen molar-refractivity contribution >= 4 is 23.9 Å². The van der Waals surface area contributed by atoms with Crippen LogP contribution in [-0.4, -0.2) is 60.8 Å². The lowest BCUT2D eigenvalue weighted by molar-refractivity contribution is -0.0454. The molecule has 0 aliphatic heterocycles. The van der Waals surface area contributed by atoms with Gasteiger partial charge in [-0.15, -0.1) is 0 Å². The topological polar surface area (TPSA) is 190 Å². The summed E-state index contributed by atoms with van der Waals surface area (Å²) in [5.74, 6) is -4.91. The lowest BCUT2D eigenvalue weighted by Crippen LogP contribution is -2.06. The smallest absolute Gasteiger partial charge is 0.336 e. The number of hydrogen-bond acceptors (Lipinski definition) is 6. The molecule has 0 spiro atoms. The van der Waals surface area contributed by atoms with Crippen molar-refractivity contribution in [2.45, 2.75) is 26.1 Å². The Kier molecular flexibility index (Phi) is 11.7. The maximum atomic E-state index is 10.5. The van der Waals surface area contributed by atoms with Gasteiger partial charge in [0.1, 0.15) is 0 Å². The highest BCUT2D eigenvalue weighted by Gasteiger charge is 2.14. The van der Waals surface area contributed by atoms with Crippen molar-refractivity contribution in [3.8, 4) is 0 Å². The molecule has 30 heavy (non-hydrogen) atoms. The van der Waals surface area contributed by atoms with Crippen LogP contribution in [0.4, 0.5) is 0 Å². The molecule has 10 heteroatoms. The molecule has 0 atom stereocenters. The van der Waals surface area contributed by atoms with E-state index >= 15 is 0 Å². The summed E-state index contributed by atoms with van der Waals surface area (Å²) < 4.78 is 0. The molecule has 0 aliphatic carbocycles. The molecule has 0 amide bonds. The number of aliphatic hydroxyl groups excluding tert-OH is 1. The summed E-state index contributed by atoms with van der Waals surface area (Å²) in [4.78, 5) is 41.9. The fourth-order valence-electron chi connectivity index (χ4n) is 1.97. The molecule has 0 saturated carbocycles. The van der Waals surface area contributed by atoms with Crippen molar-refractivity contribution < 1.29 is 49.8 Å². The minimum Gasteiger partial charge on any atom is -0.478 e. The van der Waals surface area contributed by atoms with E-state index in [0.717, 1.165) is 6.42 Å². The highest BCUT2D eigenvalue weighted by Crippen LogP contribution is 2.08. The van der Waals surface area contributed by atoms with Gasteiger partial charge in [-0.05, 0) is 30.7 Å². The van der Waals surface area contributed by atoms with Crippen molar-refractivity contribution in [1.29, 1.82) is 0 Å². The van der Waals surface area contributed by atoms with Crippen LogP contribution in [-0.2, 0) is 0 Å². The molecule has 0 bridgehead atoms. The number of hydrogen-bond donors (Lipinski definition) is 6. The predicted octanol–water partition coefficient (Wildman–Crippen LogP) is 2.26. The fourth-order valence-corrected chi connectivity index (χ4v) is 1.97. The molecule has 6 N–H and O–H groups in total. The molecule has 0 unspecified atom stereocenters. The molecule has 0 fully saturated rings. The van der Waals surface area contributed by atoms with Gasteiger partial charge in [-0.25, -0.2) is 19.2 Å². The highest BCUT2D eigenvalue weighted by molar-refractivity contribution is 6.02. The third-order valence-electron chi connectivity index (χ3n) is 3.32. The van der Waals surface area contributed by atoms with Crippen molar-refractivity contribution in [2.75, 3.05) is 0 Å². The average Bonchev–Trinajstić information content (AvgIpc) is 2.68. The van der Waals surface area contributed by atoms with Crippen LogP contribution < -0.4 is 0 Å². The minimum absolute atomic E-state index is 0.190. The molecular weight excluding hydrogens is 400 g/mol. The summed E-state index contributed by atoms with van der Waals surface area (Å²) in [6.45, 7) is 1.90. The summed E-state index contributed by atoms with van der Waals surface area (Å²) >= 11 is 0. The Hall–Kier alpha value is -3.76. The van der Waals surface area contributed by atoms with Gasteiger partial charge in [-0.1, -0.05) is 37.6 Å². The zero-order valence-electron chi connectivity index (χ0n) is 15.9. The normalized spacial score (nSPS) is 9.47. The molecular formula is C20H22O10. The second-order valence-corrected chi connectivity index (χ2v) is 5.58. The van der Waals surface area contributed by atoms with Gasteiger partial charge in [0.25, 0.3) is 0 Å². The first kappa shape index (κ1) is 26.2. The first-order chi connectivity index (χ1) is 14.0. The van der Waals surface area contributed by atoms with Crippen LogP contribution in [0.2, 0.25) is 0 Å². The van der Waals surface area contributed by atoms with E-state index in [-0.39, 0.29) is 22.3 Å². The number of benzene rings is 2. The Morgan fingerprint density at radius 2 is 0.867 bits per heavy atom. The first-order valence-electron chi connectivity index (χ1n) is 8.50. The average molecular weight is 422 g/mol. The Labute approximate surface area is 171 Å². The largest absolute Gasteiger partial charge is 0.478 e. The first-order valence-corrected chi connectivity index (χ1v) is 8.50. The molecule has 2 rings (SSSR count). The third-order valence-corrected chi connectivity index (χ3v) is 3.32. The van der Waals surface area contributed by atoms with Gasteiger partial charge >= 0.3 is 23.9 Å². The molecule has 0 saturated heterocycles. The van der Waals surface area contributed by atoms with Crippen LogP contribution in [0.15, 0.2) is 48.5 Å². The van der Waals surface area contributed by atoms with Gasteiger partial charge in [0.15, 0.2) is 6.29 Å². The number of carboxylic acid groups (broad SMARTS) is 4. The van der Waals surface area contributed by atoms with E-state index in [1.54, 1.807) is 0 Å². The van der Waals surface area contributed by atoms with Crippen LogP contribution in [0.5, 0.6) is 0 Å². The molecule has 162 valence electrons. The van der Waals surface area contributed by atoms with E-state index in [4.69, 9.17) is 30.6 Å². The third kappa shape index (κ3) is 9.44. The summed E-state index contributed by atoms with van der Waals surface area (Å²) in [6.07, 6.45) is 0.215. The van der Waals surface area contributed by atoms with Gasteiger partial charge in [0.2, 0.25) is 0 Å². The van der Waals surface area contributed by atoms with Crippen molar-refractivity contribution in [3.05, 3.63) is 70.8 Å². The van der Waals surface area contributed by atoms with E-state index in [2.05, 4.69) is 0 Å². The number of aliphatic hydroxyl groups is 2. The molecule has 2 aromatic rings. The van der Waals surface area contributed by atoms with Gasteiger partial charge < -0.3 is 30.6 Å². The van der Waals surface area contributed by atoms with E-state index in [9.17, 15) is 19.2 Å². The minimum atomic E-state index is -1.23. The van der Waals surface area contributed by atoms with Crippen LogP contribution in [0.25, 0.3) is 0 Å². The van der Waals surface area contributed by atoms with E-state index < -0.39 is 30.2 Å². The molecule has 0 aliphatic rings. The quantitative estimate of drug-likeness (QED) is 0.376. The van der Waals surface area contributed by atoms with Crippen molar-refractivity contribution in [1.82, 2.24) is 0 Å². The summed E-state index contributed by atoms with van der Waals surface area (Å²) in [5.41, 5.74) is -0.759. The van der Waals surface area contributed by atoms with Crippen LogP contribution in [0.1, 0.15) is 61.2 Å². The summed E-state index contributed by atoms with van der Waals surface area (Å²) in [5, 5.41) is 50.4. The van der Waals surface area contributed by atoms with Gasteiger partial charge in [-0.2, -0.15) is 0 Å². The molecule has 0 aromatic heterocycles. The zero-order chi connectivity index (χ0) is 23.3. The van der Waals surface area contributed by atoms with E-state index in [0.29, 0.717) is 6.42 Å². The standard InChI is InChI=1S/2C8H6O4.C4H10O2/c2*9-7(10)5-3-1-2-4-6(5)8(11)12;1-2-3-4(5)6/h2*1-4H,(H,9,10)(H,11,12);4-6H,2-3H2,1H3. The molecule has 0 radical (unpaired) electrons. The van der Waals surface area contributed by atoms with Gasteiger partial charge in [0.05, 0.1) is 22.3 Å². The van der Waals surface area contributed by atoms with Gasteiger partial charge in [0, 0.05) is 0 Å². The molecule has 0 heterocycles. The van der Waals surface area contributed by atoms with Crippen LogP contribution in [0.3, 0.4) is 0 Å². The second kappa shape index (κ2) is 13.4. The Morgan fingerprint density at radius 1 is 0.633 bits per heavy atom. The van der Waals surface area contributed by atoms with Crippen molar-refractivity contribution in [3.63, 3.8) is 0 Å². The number of carbonyl (C=O) groups is 4. The Balaban J connectivity index is 0.000000447. The van der Waals surface area contributed by atoms with E-state index in [1.807, 2.05) is 6.92 Å². The lowest BCUT2D eigenvalue weighted by Gasteiger charge is -1.98.